The molecule has 1 aromatic heterocycles. The molecule has 0 spiro atoms. The van der Waals surface area contributed by atoms with Crippen LogP contribution in [0.15, 0.2) is 48.7 Å². The second-order valence-corrected chi connectivity index (χ2v) is 7.40. The zero-order valence-corrected chi connectivity index (χ0v) is 17.1. The number of nitrogens with zero attached hydrogens (tertiary/aromatic N) is 1. The number of carbonyl (C=O) groups excluding carboxylic acids is 2. The van der Waals surface area contributed by atoms with Crippen molar-refractivity contribution in [2.45, 2.75) is 43.9 Å². The van der Waals surface area contributed by atoms with Crippen LogP contribution in [-0.2, 0) is 16.0 Å². The number of pyridine rings is 1. The van der Waals surface area contributed by atoms with Crippen LogP contribution in [-0.4, -0.2) is 53.4 Å². The molecule has 0 unspecified atom stereocenters. The maximum absolute atomic E-state index is 13.0. The van der Waals surface area contributed by atoms with E-state index in [9.17, 15) is 19.1 Å². The van der Waals surface area contributed by atoms with Crippen LogP contribution in [0.25, 0.3) is 0 Å². The predicted molar refractivity (Wildman–Crippen MR) is 113 cm³/mol. The van der Waals surface area contributed by atoms with E-state index in [0.29, 0.717) is 37.2 Å². The number of urea groups is 1. The maximum Gasteiger partial charge on any atom is 0.319 e. The highest BCUT2D eigenvalue weighted by Crippen LogP contribution is 2.22. The number of nitrogens with one attached hydrogen (secondary N) is 3. The van der Waals surface area contributed by atoms with E-state index in [0.717, 1.165) is 0 Å². The normalized spacial score (nSPS) is 20.6. The minimum absolute atomic E-state index is 0.106. The fourth-order valence-corrected chi connectivity index (χ4v) is 3.48. The third kappa shape index (κ3) is 7.30. The molecule has 4 N–H and O–H groups in total. The Morgan fingerprint density at radius 2 is 1.97 bits per heavy atom. The van der Waals surface area contributed by atoms with Crippen LogP contribution in [0.2, 0.25) is 0 Å². The summed E-state index contributed by atoms with van der Waals surface area (Å²) in [5, 5.41) is 18.0. The van der Waals surface area contributed by atoms with Crippen molar-refractivity contribution in [2.24, 2.45) is 0 Å². The lowest BCUT2D eigenvalue weighted by molar-refractivity contribution is -0.121. The molecule has 2 aromatic rings. The number of hydrogen-bond donors (Lipinski definition) is 4. The van der Waals surface area contributed by atoms with Gasteiger partial charge in [0.1, 0.15) is 11.9 Å². The first kappa shape index (κ1) is 22.6. The Labute approximate surface area is 180 Å². The Hall–Kier alpha value is -3.04. The van der Waals surface area contributed by atoms with Crippen LogP contribution in [0.5, 0.6) is 0 Å². The van der Waals surface area contributed by atoms with Gasteiger partial charge in [0, 0.05) is 24.1 Å². The van der Waals surface area contributed by atoms with Crippen molar-refractivity contribution >= 4 is 17.6 Å². The summed E-state index contributed by atoms with van der Waals surface area (Å²) in [7, 11) is 0. The van der Waals surface area contributed by atoms with E-state index < -0.39 is 12.1 Å². The molecular weight excluding hydrogens is 403 g/mol. The summed E-state index contributed by atoms with van der Waals surface area (Å²) in [5.74, 6) is -0.490. The van der Waals surface area contributed by atoms with E-state index in [2.05, 4.69) is 20.9 Å². The fraction of sp³-hybridized carbons (Fsp3) is 0.409. The first-order chi connectivity index (χ1) is 15.0. The molecule has 3 atom stereocenters. The number of carbonyl (C=O) groups is 2. The van der Waals surface area contributed by atoms with Crippen molar-refractivity contribution in [3.8, 4) is 0 Å². The minimum atomic E-state index is -0.540. The van der Waals surface area contributed by atoms with Crippen molar-refractivity contribution in [2.75, 3.05) is 18.5 Å². The van der Waals surface area contributed by atoms with Gasteiger partial charge in [-0.1, -0.05) is 6.07 Å². The first-order valence-corrected chi connectivity index (χ1v) is 10.3. The summed E-state index contributed by atoms with van der Waals surface area (Å²) < 4.78 is 18.9. The molecule has 8 nitrogen and oxygen atoms in total. The Morgan fingerprint density at radius 3 is 2.68 bits per heavy atom. The van der Waals surface area contributed by atoms with Crippen molar-refractivity contribution < 1.29 is 23.8 Å². The second kappa shape index (κ2) is 11.4. The SMILES string of the molecule is O=C(Cc1ccccn1)NCC[C@H]1CC[C@H](NC(=O)Nc2ccc(F)cc2)[C@@H](CO)O1. The largest absolute Gasteiger partial charge is 0.394 e. The molecule has 9 heteroatoms. The molecule has 31 heavy (non-hydrogen) atoms. The number of aliphatic hydroxyl groups excluding tert-OH is 1. The van der Waals surface area contributed by atoms with Gasteiger partial charge in [-0.25, -0.2) is 9.18 Å². The van der Waals surface area contributed by atoms with Gasteiger partial charge in [0.05, 0.1) is 25.2 Å². The fourth-order valence-electron chi connectivity index (χ4n) is 3.48. The van der Waals surface area contributed by atoms with Crippen molar-refractivity contribution in [3.63, 3.8) is 0 Å². The number of aromatic nitrogens is 1. The Kier molecular flexibility index (Phi) is 8.31. The van der Waals surface area contributed by atoms with Crippen molar-refractivity contribution in [1.29, 1.82) is 0 Å². The summed E-state index contributed by atoms with van der Waals surface area (Å²) in [6, 6.07) is 10.1. The molecule has 0 aliphatic carbocycles. The highest BCUT2D eigenvalue weighted by Gasteiger charge is 2.31. The minimum Gasteiger partial charge on any atom is -0.394 e. The van der Waals surface area contributed by atoms with E-state index >= 15 is 0 Å². The van der Waals surface area contributed by atoms with Gasteiger partial charge in [-0.05, 0) is 55.7 Å². The smallest absolute Gasteiger partial charge is 0.319 e. The van der Waals surface area contributed by atoms with Gasteiger partial charge in [0.2, 0.25) is 5.91 Å². The number of halogens is 1. The van der Waals surface area contributed by atoms with Gasteiger partial charge in [0.15, 0.2) is 0 Å². The summed E-state index contributed by atoms with van der Waals surface area (Å²) in [6.07, 6.45) is 3.15. The highest BCUT2D eigenvalue weighted by molar-refractivity contribution is 5.89. The number of ether oxygens (including phenoxy) is 1. The number of rotatable bonds is 8. The molecule has 2 heterocycles. The van der Waals surface area contributed by atoms with Gasteiger partial charge < -0.3 is 25.8 Å². The van der Waals surface area contributed by atoms with Gasteiger partial charge in [-0.15, -0.1) is 0 Å². The molecule has 0 saturated carbocycles. The summed E-state index contributed by atoms with van der Waals surface area (Å²) >= 11 is 0. The molecule has 3 amide bonds. The summed E-state index contributed by atoms with van der Waals surface area (Å²) in [5.41, 5.74) is 1.18. The quantitative estimate of drug-likeness (QED) is 0.512. The van der Waals surface area contributed by atoms with Gasteiger partial charge >= 0.3 is 6.03 Å². The van der Waals surface area contributed by atoms with E-state index in [1.165, 1.54) is 24.3 Å². The van der Waals surface area contributed by atoms with Gasteiger partial charge in [-0.3, -0.25) is 9.78 Å². The third-order valence-electron chi connectivity index (χ3n) is 5.07. The van der Waals surface area contributed by atoms with Crippen LogP contribution in [0, 0.1) is 5.82 Å². The molecule has 1 aliphatic heterocycles. The maximum atomic E-state index is 13.0. The molecule has 0 bridgehead atoms. The Balaban J connectivity index is 1.39. The molecule has 0 radical (unpaired) electrons. The molecule has 166 valence electrons. The van der Waals surface area contributed by atoms with Gasteiger partial charge in [0.25, 0.3) is 0 Å². The van der Waals surface area contributed by atoms with Crippen LogP contribution >= 0.6 is 0 Å². The number of hydrogen-bond acceptors (Lipinski definition) is 5. The monoisotopic (exact) mass is 430 g/mol. The molecular formula is C22H27FN4O4. The van der Waals surface area contributed by atoms with Gasteiger partial charge in [-0.2, -0.15) is 0 Å². The average molecular weight is 430 g/mol. The van der Waals surface area contributed by atoms with Crippen LogP contribution in [0.3, 0.4) is 0 Å². The predicted octanol–water partition coefficient (Wildman–Crippen LogP) is 2.00. The van der Waals surface area contributed by atoms with Crippen molar-refractivity contribution in [3.05, 3.63) is 60.2 Å². The standard InChI is InChI=1S/C22H27FN4O4/c23-15-4-6-16(7-5-15)26-22(30)27-19-9-8-18(31-20(19)14-28)10-12-25-21(29)13-17-3-1-2-11-24-17/h1-7,11,18-20,28H,8-10,12-14H2,(H,25,29)(H2,26,27,30)/t18-,19+,20-/m1/s1. The van der Waals surface area contributed by atoms with Crippen LogP contribution in [0.4, 0.5) is 14.9 Å². The highest BCUT2D eigenvalue weighted by atomic mass is 19.1. The Morgan fingerprint density at radius 1 is 1.16 bits per heavy atom. The van der Waals surface area contributed by atoms with Crippen LogP contribution < -0.4 is 16.0 Å². The average Bonchev–Trinajstić information content (AvgIpc) is 2.77. The first-order valence-electron chi connectivity index (χ1n) is 10.3. The molecule has 1 fully saturated rings. The van der Waals surface area contributed by atoms with E-state index in [4.69, 9.17) is 4.74 Å². The van der Waals surface area contributed by atoms with Crippen molar-refractivity contribution in [1.82, 2.24) is 15.6 Å². The zero-order valence-electron chi connectivity index (χ0n) is 17.1. The van der Waals surface area contributed by atoms with E-state index in [1.807, 2.05) is 6.07 Å². The number of benzene rings is 1. The van der Waals surface area contributed by atoms with E-state index in [1.54, 1.807) is 18.3 Å². The second-order valence-electron chi connectivity index (χ2n) is 7.40. The lowest BCUT2D eigenvalue weighted by Crippen LogP contribution is -2.52. The molecule has 1 saturated heterocycles. The van der Waals surface area contributed by atoms with E-state index in [-0.39, 0.29) is 36.9 Å². The topological polar surface area (TPSA) is 113 Å². The Bertz CT molecular complexity index is 850. The molecule has 1 aliphatic rings. The molecule has 1 aromatic carbocycles. The molecule has 3 rings (SSSR count). The third-order valence-corrected chi connectivity index (χ3v) is 5.07. The number of amides is 3. The zero-order chi connectivity index (χ0) is 22.1. The summed E-state index contributed by atoms with van der Waals surface area (Å²) in [4.78, 5) is 28.3. The number of aliphatic hydroxyl groups is 1. The lowest BCUT2D eigenvalue weighted by atomic mass is 9.97. The lowest BCUT2D eigenvalue weighted by Gasteiger charge is -2.36. The van der Waals surface area contributed by atoms with Crippen LogP contribution in [0.1, 0.15) is 25.0 Å². The number of anilines is 1. The summed E-state index contributed by atoms with van der Waals surface area (Å²) in [6.45, 7) is 0.224.